The second-order valence-electron chi connectivity index (χ2n) is 6.10. The van der Waals surface area contributed by atoms with Gasteiger partial charge in [0.25, 0.3) is 0 Å². The van der Waals surface area contributed by atoms with E-state index in [1.165, 1.54) is 37.7 Å². The Bertz CT molecular complexity index is 483. The Kier molecular flexibility index (Phi) is 4.54. The molecule has 0 spiro atoms. The third kappa shape index (κ3) is 3.26. The minimum atomic E-state index is 0.279. The van der Waals surface area contributed by atoms with Gasteiger partial charge in [0.1, 0.15) is 0 Å². The van der Waals surface area contributed by atoms with E-state index in [1.54, 1.807) is 7.11 Å². The molecule has 1 atom stereocenters. The molecule has 1 aliphatic heterocycles. The number of rotatable bonds is 5. The lowest BCUT2D eigenvalue weighted by Gasteiger charge is -2.28. The Morgan fingerprint density at radius 2 is 2.05 bits per heavy atom. The van der Waals surface area contributed by atoms with Gasteiger partial charge in [0, 0.05) is 12.6 Å². The highest BCUT2D eigenvalue weighted by atomic mass is 16.7. The summed E-state index contributed by atoms with van der Waals surface area (Å²) >= 11 is 0. The first-order valence-corrected chi connectivity index (χ1v) is 7.98. The molecule has 0 amide bonds. The van der Waals surface area contributed by atoms with E-state index in [4.69, 9.17) is 14.2 Å². The van der Waals surface area contributed by atoms with Crippen LogP contribution >= 0.6 is 0 Å². The Labute approximate surface area is 126 Å². The van der Waals surface area contributed by atoms with Gasteiger partial charge in [-0.2, -0.15) is 0 Å². The van der Waals surface area contributed by atoms with Crippen molar-refractivity contribution in [3.05, 3.63) is 17.7 Å². The molecule has 0 bridgehead atoms. The topological polar surface area (TPSA) is 39.7 Å². The lowest BCUT2D eigenvalue weighted by atomic mass is 9.84. The van der Waals surface area contributed by atoms with Crippen LogP contribution in [0.15, 0.2) is 12.1 Å². The van der Waals surface area contributed by atoms with Gasteiger partial charge in [-0.3, -0.25) is 0 Å². The molecule has 1 saturated carbocycles. The predicted molar refractivity (Wildman–Crippen MR) is 82.0 cm³/mol. The summed E-state index contributed by atoms with van der Waals surface area (Å²) in [5, 5.41) is 3.66. The van der Waals surface area contributed by atoms with Crippen molar-refractivity contribution in [2.75, 3.05) is 13.9 Å². The SMILES string of the molecule is COc1cc(CN[C@H](C)C2CCCCC2)cc2c1OCO2. The maximum atomic E-state index is 5.47. The van der Waals surface area contributed by atoms with E-state index in [0.29, 0.717) is 6.04 Å². The summed E-state index contributed by atoms with van der Waals surface area (Å²) in [5.74, 6) is 3.08. The fraction of sp³-hybridized carbons (Fsp3) is 0.647. The zero-order valence-corrected chi connectivity index (χ0v) is 13.0. The highest BCUT2D eigenvalue weighted by Gasteiger charge is 2.22. The molecule has 116 valence electrons. The molecule has 1 aliphatic carbocycles. The quantitative estimate of drug-likeness (QED) is 0.901. The van der Waals surface area contributed by atoms with E-state index in [2.05, 4.69) is 12.2 Å². The number of hydrogen-bond acceptors (Lipinski definition) is 4. The standard InChI is InChI=1S/C17H25NO3/c1-12(14-6-4-3-5-7-14)18-10-13-8-15(19-2)17-16(9-13)20-11-21-17/h8-9,12,14,18H,3-7,10-11H2,1-2H3/t12-/m1/s1. The van der Waals surface area contributed by atoms with Gasteiger partial charge in [0.15, 0.2) is 11.5 Å². The number of benzene rings is 1. The van der Waals surface area contributed by atoms with Gasteiger partial charge in [0.2, 0.25) is 12.5 Å². The molecule has 1 heterocycles. The minimum Gasteiger partial charge on any atom is -0.493 e. The van der Waals surface area contributed by atoms with Crippen molar-refractivity contribution in [2.45, 2.75) is 51.6 Å². The van der Waals surface area contributed by atoms with Crippen molar-refractivity contribution in [1.82, 2.24) is 5.32 Å². The van der Waals surface area contributed by atoms with Gasteiger partial charge in [0.05, 0.1) is 7.11 Å². The first-order valence-electron chi connectivity index (χ1n) is 7.98. The van der Waals surface area contributed by atoms with Crippen molar-refractivity contribution < 1.29 is 14.2 Å². The van der Waals surface area contributed by atoms with Crippen LogP contribution in [-0.4, -0.2) is 19.9 Å². The first-order chi connectivity index (χ1) is 10.3. The third-order valence-electron chi connectivity index (χ3n) is 4.70. The molecular formula is C17H25NO3. The van der Waals surface area contributed by atoms with Gasteiger partial charge >= 0.3 is 0 Å². The Balaban J connectivity index is 1.62. The molecule has 1 aromatic rings. The predicted octanol–water partition coefficient (Wildman–Crippen LogP) is 3.48. The van der Waals surface area contributed by atoms with Crippen LogP contribution in [0.25, 0.3) is 0 Å². The average Bonchev–Trinajstić information content (AvgIpc) is 3.01. The average molecular weight is 291 g/mol. The van der Waals surface area contributed by atoms with Gasteiger partial charge in [-0.1, -0.05) is 19.3 Å². The maximum Gasteiger partial charge on any atom is 0.231 e. The summed E-state index contributed by atoms with van der Waals surface area (Å²) in [4.78, 5) is 0. The summed E-state index contributed by atoms with van der Waals surface area (Å²) in [6.45, 7) is 3.42. The molecule has 1 aromatic carbocycles. The number of fused-ring (bicyclic) bond motifs is 1. The number of ether oxygens (including phenoxy) is 3. The number of hydrogen-bond donors (Lipinski definition) is 1. The van der Waals surface area contributed by atoms with E-state index in [1.807, 2.05) is 12.1 Å². The Morgan fingerprint density at radius 1 is 1.24 bits per heavy atom. The van der Waals surface area contributed by atoms with Crippen molar-refractivity contribution in [3.8, 4) is 17.2 Å². The summed E-state index contributed by atoms with van der Waals surface area (Å²) in [6, 6.07) is 4.64. The largest absolute Gasteiger partial charge is 0.493 e. The van der Waals surface area contributed by atoms with Gasteiger partial charge in [-0.15, -0.1) is 0 Å². The van der Waals surface area contributed by atoms with E-state index in [-0.39, 0.29) is 6.79 Å². The second-order valence-corrected chi connectivity index (χ2v) is 6.10. The van der Waals surface area contributed by atoms with E-state index in [0.717, 1.165) is 29.7 Å². The van der Waals surface area contributed by atoms with Crippen LogP contribution in [0.5, 0.6) is 17.2 Å². The molecular weight excluding hydrogens is 266 g/mol. The lowest BCUT2D eigenvalue weighted by Crippen LogP contribution is -2.34. The summed E-state index contributed by atoms with van der Waals surface area (Å²) in [5.41, 5.74) is 1.18. The highest BCUT2D eigenvalue weighted by molar-refractivity contribution is 5.55. The molecule has 0 saturated heterocycles. The fourth-order valence-electron chi connectivity index (χ4n) is 3.37. The molecule has 2 aliphatic rings. The van der Waals surface area contributed by atoms with Crippen LogP contribution in [0, 0.1) is 5.92 Å². The third-order valence-corrected chi connectivity index (χ3v) is 4.70. The van der Waals surface area contributed by atoms with Crippen LogP contribution in [0.2, 0.25) is 0 Å². The minimum absolute atomic E-state index is 0.279. The van der Waals surface area contributed by atoms with Gasteiger partial charge in [-0.05, 0) is 43.4 Å². The van der Waals surface area contributed by atoms with Crippen LogP contribution in [0.4, 0.5) is 0 Å². The van der Waals surface area contributed by atoms with Crippen LogP contribution in [0.3, 0.4) is 0 Å². The zero-order chi connectivity index (χ0) is 14.7. The van der Waals surface area contributed by atoms with Crippen LogP contribution in [0.1, 0.15) is 44.6 Å². The van der Waals surface area contributed by atoms with E-state index in [9.17, 15) is 0 Å². The maximum absolute atomic E-state index is 5.47. The van der Waals surface area contributed by atoms with E-state index >= 15 is 0 Å². The Hall–Kier alpha value is -1.42. The van der Waals surface area contributed by atoms with Crippen molar-refractivity contribution in [3.63, 3.8) is 0 Å². The van der Waals surface area contributed by atoms with Crippen molar-refractivity contribution >= 4 is 0 Å². The molecule has 0 aromatic heterocycles. The summed E-state index contributed by atoms with van der Waals surface area (Å²) in [7, 11) is 1.67. The zero-order valence-electron chi connectivity index (χ0n) is 13.0. The normalized spacial score (nSPS) is 19.5. The molecule has 0 radical (unpaired) electrons. The summed E-state index contributed by atoms with van der Waals surface area (Å²) in [6.07, 6.45) is 6.89. The van der Waals surface area contributed by atoms with Crippen molar-refractivity contribution in [1.29, 1.82) is 0 Å². The molecule has 21 heavy (non-hydrogen) atoms. The number of methoxy groups -OCH3 is 1. The fourth-order valence-corrected chi connectivity index (χ4v) is 3.37. The van der Waals surface area contributed by atoms with Crippen LogP contribution in [-0.2, 0) is 6.54 Å². The molecule has 3 rings (SSSR count). The second kappa shape index (κ2) is 6.56. The highest BCUT2D eigenvalue weighted by Crippen LogP contribution is 2.41. The molecule has 1 fully saturated rings. The monoisotopic (exact) mass is 291 g/mol. The van der Waals surface area contributed by atoms with E-state index < -0.39 is 0 Å². The number of nitrogens with one attached hydrogen (secondary N) is 1. The summed E-state index contributed by atoms with van der Waals surface area (Å²) < 4.78 is 16.3. The van der Waals surface area contributed by atoms with Gasteiger partial charge in [-0.25, -0.2) is 0 Å². The Morgan fingerprint density at radius 3 is 2.81 bits per heavy atom. The molecule has 0 unspecified atom stereocenters. The molecule has 4 nitrogen and oxygen atoms in total. The smallest absolute Gasteiger partial charge is 0.231 e. The van der Waals surface area contributed by atoms with Crippen molar-refractivity contribution in [2.24, 2.45) is 5.92 Å². The van der Waals surface area contributed by atoms with Gasteiger partial charge < -0.3 is 19.5 Å². The first kappa shape index (κ1) is 14.5. The lowest BCUT2D eigenvalue weighted by molar-refractivity contribution is 0.171. The van der Waals surface area contributed by atoms with Crippen LogP contribution < -0.4 is 19.5 Å². The molecule has 4 heteroatoms. The molecule has 1 N–H and O–H groups in total.